The molecule has 0 aromatic heterocycles. The van der Waals surface area contributed by atoms with E-state index in [0.717, 1.165) is 25.7 Å². The smallest absolute Gasteiger partial charge is 0.0985 e. The predicted octanol–water partition coefficient (Wildman–Crippen LogP) is 4.69. The van der Waals surface area contributed by atoms with Crippen molar-refractivity contribution in [1.29, 1.82) is 0 Å². The van der Waals surface area contributed by atoms with Gasteiger partial charge in [0, 0.05) is 11.8 Å². The van der Waals surface area contributed by atoms with Gasteiger partial charge in [-0.15, -0.1) is 0 Å². The Morgan fingerprint density at radius 2 is 1.66 bits per heavy atom. The van der Waals surface area contributed by atoms with Crippen LogP contribution in [0.2, 0.25) is 0 Å². The predicted molar refractivity (Wildman–Crippen MR) is 128 cm³/mol. The average Bonchev–Trinajstić information content (AvgIpc) is 3.08. The SMILES string of the molecule is C=C(C)[C@H](C)CC[C@@H](C)[C@H]1CC[C@H]2[C@@H]3C[C@@H](O)[C@@]4(O)C[C@@H](O)CC[C@]4(C)[C@H]3C[C@@H](O)[C@]12C. The van der Waals surface area contributed by atoms with E-state index in [-0.39, 0.29) is 23.9 Å². The topological polar surface area (TPSA) is 80.9 Å². The minimum Gasteiger partial charge on any atom is -0.393 e. The van der Waals surface area contributed by atoms with Crippen molar-refractivity contribution in [3.63, 3.8) is 0 Å². The fourth-order valence-electron chi connectivity index (χ4n) is 9.15. The van der Waals surface area contributed by atoms with Gasteiger partial charge in [-0.05, 0) is 99.2 Å². The number of aliphatic hydroxyl groups is 4. The van der Waals surface area contributed by atoms with Crippen LogP contribution in [0.15, 0.2) is 12.2 Å². The van der Waals surface area contributed by atoms with Gasteiger partial charge in [0.05, 0.1) is 23.9 Å². The molecule has 0 amide bonds. The zero-order valence-electron chi connectivity index (χ0n) is 21.1. The maximum atomic E-state index is 11.7. The number of rotatable bonds is 5. The van der Waals surface area contributed by atoms with E-state index in [0.29, 0.717) is 48.9 Å². The van der Waals surface area contributed by atoms with E-state index < -0.39 is 23.2 Å². The lowest BCUT2D eigenvalue weighted by atomic mass is 9.41. The fourth-order valence-corrected chi connectivity index (χ4v) is 9.15. The van der Waals surface area contributed by atoms with Crippen LogP contribution < -0.4 is 0 Å². The Bertz CT molecular complexity index is 722. The highest BCUT2D eigenvalue weighted by molar-refractivity contribution is 5.18. The Balaban J connectivity index is 1.58. The summed E-state index contributed by atoms with van der Waals surface area (Å²) in [5, 5.41) is 44.8. The largest absolute Gasteiger partial charge is 0.393 e. The first-order valence-electron chi connectivity index (χ1n) is 13.3. The molecule has 0 heterocycles. The molecule has 4 heteroatoms. The molecule has 0 spiro atoms. The normalized spacial score (nSPS) is 52.5. The van der Waals surface area contributed by atoms with Crippen LogP contribution in [0, 0.1) is 46.3 Å². The Morgan fingerprint density at radius 3 is 2.31 bits per heavy atom. The van der Waals surface area contributed by atoms with Crippen molar-refractivity contribution in [3.05, 3.63) is 12.2 Å². The van der Waals surface area contributed by atoms with Gasteiger partial charge in [-0.25, -0.2) is 0 Å². The van der Waals surface area contributed by atoms with E-state index in [4.69, 9.17) is 0 Å². The number of aliphatic hydroxyl groups excluding tert-OH is 3. The van der Waals surface area contributed by atoms with Gasteiger partial charge in [0.1, 0.15) is 0 Å². The number of allylic oxidation sites excluding steroid dienone is 1. The zero-order chi connectivity index (χ0) is 23.6. The molecule has 4 nitrogen and oxygen atoms in total. The average molecular weight is 449 g/mol. The van der Waals surface area contributed by atoms with Gasteiger partial charge < -0.3 is 20.4 Å². The molecule has 0 aliphatic heterocycles. The molecule has 4 aliphatic rings. The number of hydrogen-bond donors (Lipinski definition) is 4. The van der Waals surface area contributed by atoms with Crippen LogP contribution in [0.25, 0.3) is 0 Å². The van der Waals surface area contributed by atoms with Gasteiger partial charge in [0.2, 0.25) is 0 Å². The van der Waals surface area contributed by atoms with Crippen LogP contribution in [-0.2, 0) is 0 Å². The standard InChI is InChI=1S/C28H48O4/c1-16(2)17(3)7-8-18(4)21-9-10-22-20-13-25(31)28(32)15-19(29)11-12-26(28,5)23(20)14-24(30)27(21,22)6/h17-25,29-32H,1,7-15H2,2-6H3/t17-,18-,19+,20+,21-,22+,23+,24-,25-,26-,27-,28+/m1/s1. The third-order valence-electron chi connectivity index (χ3n) is 11.6. The summed E-state index contributed by atoms with van der Waals surface area (Å²) in [4.78, 5) is 0. The summed E-state index contributed by atoms with van der Waals surface area (Å²) in [5.41, 5.74) is -0.559. The van der Waals surface area contributed by atoms with Crippen molar-refractivity contribution in [1.82, 2.24) is 0 Å². The minimum atomic E-state index is -1.25. The molecule has 184 valence electrons. The molecular formula is C28H48O4. The molecule has 0 aromatic rings. The van der Waals surface area contributed by atoms with Crippen LogP contribution >= 0.6 is 0 Å². The van der Waals surface area contributed by atoms with Gasteiger partial charge >= 0.3 is 0 Å². The first-order chi connectivity index (χ1) is 14.9. The van der Waals surface area contributed by atoms with Crippen LogP contribution in [0.1, 0.15) is 92.4 Å². The van der Waals surface area contributed by atoms with Crippen molar-refractivity contribution in [2.24, 2.45) is 46.3 Å². The van der Waals surface area contributed by atoms with E-state index in [2.05, 4.69) is 41.2 Å². The Kier molecular flexibility index (Phi) is 6.45. The van der Waals surface area contributed by atoms with E-state index in [1.165, 1.54) is 12.0 Å². The van der Waals surface area contributed by atoms with E-state index in [9.17, 15) is 20.4 Å². The highest BCUT2D eigenvalue weighted by atomic mass is 16.3. The van der Waals surface area contributed by atoms with Crippen LogP contribution in [-0.4, -0.2) is 44.3 Å². The molecule has 0 bridgehead atoms. The molecule has 12 atom stereocenters. The minimum absolute atomic E-state index is 0.118. The summed E-state index contributed by atoms with van der Waals surface area (Å²) in [7, 11) is 0. The molecule has 4 fully saturated rings. The zero-order valence-corrected chi connectivity index (χ0v) is 21.1. The number of fused-ring (bicyclic) bond motifs is 5. The van der Waals surface area contributed by atoms with Gasteiger partial charge in [0.25, 0.3) is 0 Å². The van der Waals surface area contributed by atoms with E-state index in [1.807, 2.05) is 0 Å². The van der Waals surface area contributed by atoms with Crippen LogP contribution in [0.3, 0.4) is 0 Å². The lowest BCUT2D eigenvalue weighted by molar-refractivity contribution is -0.275. The second-order valence-corrected chi connectivity index (χ2v) is 13.0. The Labute approximate surface area is 195 Å². The second kappa shape index (κ2) is 8.36. The first-order valence-corrected chi connectivity index (χ1v) is 13.3. The van der Waals surface area contributed by atoms with Crippen LogP contribution in [0.4, 0.5) is 0 Å². The maximum Gasteiger partial charge on any atom is 0.0985 e. The fraction of sp³-hybridized carbons (Fsp3) is 0.929. The summed E-state index contributed by atoms with van der Waals surface area (Å²) < 4.78 is 0. The van der Waals surface area contributed by atoms with Crippen molar-refractivity contribution < 1.29 is 20.4 Å². The van der Waals surface area contributed by atoms with Crippen molar-refractivity contribution in [3.8, 4) is 0 Å². The molecule has 0 unspecified atom stereocenters. The van der Waals surface area contributed by atoms with Crippen LogP contribution in [0.5, 0.6) is 0 Å². The van der Waals surface area contributed by atoms with Gasteiger partial charge in [-0.3, -0.25) is 0 Å². The van der Waals surface area contributed by atoms with Crippen molar-refractivity contribution in [2.45, 2.75) is 116 Å². The Morgan fingerprint density at radius 1 is 0.969 bits per heavy atom. The lowest BCUT2D eigenvalue weighted by Crippen LogP contribution is -2.70. The molecule has 0 aromatic carbocycles. The highest BCUT2D eigenvalue weighted by Crippen LogP contribution is 2.69. The van der Waals surface area contributed by atoms with Crippen molar-refractivity contribution in [2.75, 3.05) is 0 Å². The quantitative estimate of drug-likeness (QED) is 0.460. The molecule has 4 rings (SSSR count). The summed E-state index contributed by atoms with van der Waals surface area (Å²) in [6.07, 6.45) is 5.84. The van der Waals surface area contributed by atoms with E-state index in [1.54, 1.807) is 0 Å². The monoisotopic (exact) mass is 448 g/mol. The Hall–Kier alpha value is -0.420. The van der Waals surface area contributed by atoms with E-state index >= 15 is 0 Å². The summed E-state index contributed by atoms with van der Waals surface area (Å²) >= 11 is 0. The first kappa shape index (κ1) is 24.7. The third kappa shape index (κ3) is 3.46. The molecule has 4 N–H and O–H groups in total. The van der Waals surface area contributed by atoms with Crippen molar-refractivity contribution >= 4 is 0 Å². The third-order valence-corrected chi connectivity index (χ3v) is 11.6. The number of hydrogen-bond acceptors (Lipinski definition) is 4. The maximum absolute atomic E-state index is 11.7. The summed E-state index contributed by atoms with van der Waals surface area (Å²) in [6, 6.07) is 0. The summed E-state index contributed by atoms with van der Waals surface area (Å²) in [5.74, 6) is 2.53. The molecule has 4 saturated carbocycles. The summed E-state index contributed by atoms with van der Waals surface area (Å²) in [6.45, 7) is 15.3. The molecule has 0 radical (unpaired) electrons. The molecular weight excluding hydrogens is 400 g/mol. The van der Waals surface area contributed by atoms with Gasteiger partial charge in [-0.1, -0.05) is 39.8 Å². The molecule has 0 saturated heterocycles. The second-order valence-electron chi connectivity index (χ2n) is 13.0. The lowest BCUT2D eigenvalue weighted by Gasteiger charge is -2.66. The van der Waals surface area contributed by atoms with Gasteiger partial charge in [0.15, 0.2) is 0 Å². The molecule has 32 heavy (non-hydrogen) atoms. The van der Waals surface area contributed by atoms with Gasteiger partial charge in [-0.2, -0.15) is 0 Å². The molecule has 4 aliphatic carbocycles. The highest BCUT2D eigenvalue weighted by Gasteiger charge is 2.69.